The second kappa shape index (κ2) is 6.06. The molecule has 0 unspecified atom stereocenters. The normalized spacial score (nSPS) is 52.8. The molecule has 0 saturated carbocycles. The highest BCUT2D eigenvalue weighted by atomic mass is 16.8. The smallest absolute Gasteiger partial charge is 0.271 e. The van der Waals surface area contributed by atoms with Gasteiger partial charge in [-0.25, -0.2) is 0 Å². The summed E-state index contributed by atoms with van der Waals surface area (Å²) < 4.78 is 22.4. The van der Waals surface area contributed by atoms with Crippen LogP contribution in [0.4, 0.5) is 0 Å². The van der Waals surface area contributed by atoms with E-state index in [0.29, 0.717) is 0 Å². The van der Waals surface area contributed by atoms with Crippen molar-refractivity contribution < 1.29 is 49.3 Å². The minimum atomic E-state index is -1.78. The zero-order valence-electron chi connectivity index (χ0n) is 14.3. The lowest BCUT2D eigenvalue weighted by atomic mass is 9.88. The molecule has 26 heavy (non-hydrogen) atoms. The van der Waals surface area contributed by atoms with Gasteiger partial charge in [-0.2, -0.15) is 0 Å². The van der Waals surface area contributed by atoms with Crippen LogP contribution in [0.5, 0.6) is 0 Å². The second-order valence-electron chi connectivity index (χ2n) is 7.44. The van der Waals surface area contributed by atoms with Gasteiger partial charge < -0.3 is 49.3 Å². The van der Waals surface area contributed by atoms with Crippen LogP contribution in [-0.4, -0.2) is 98.4 Å². The van der Waals surface area contributed by atoms with Gasteiger partial charge in [0.1, 0.15) is 36.6 Å². The number of rotatable bonds is 2. The van der Waals surface area contributed by atoms with E-state index >= 15 is 0 Å². The van der Waals surface area contributed by atoms with E-state index in [9.17, 15) is 25.5 Å². The minimum Gasteiger partial charge on any atom is -0.394 e. The lowest BCUT2D eigenvalue weighted by Crippen LogP contribution is -2.65. The van der Waals surface area contributed by atoms with Crippen molar-refractivity contribution >= 4 is 5.71 Å². The first-order valence-corrected chi connectivity index (χ1v) is 8.44. The van der Waals surface area contributed by atoms with Crippen LogP contribution in [0, 0.1) is 0 Å². The quantitative estimate of drug-likeness (QED) is 0.339. The van der Waals surface area contributed by atoms with Gasteiger partial charge in [0, 0.05) is 0 Å². The third-order valence-electron chi connectivity index (χ3n) is 5.14. The number of aliphatic hydroxyl groups is 5. The highest BCUT2D eigenvalue weighted by Gasteiger charge is 2.62. The molecule has 0 aromatic carbocycles. The van der Waals surface area contributed by atoms with Crippen molar-refractivity contribution in [2.24, 2.45) is 5.16 Å². The zero-order valence-corrected chi connectivity index (χ0v) is 14.3. The molecule has 5 N–H and O–H groups in total. The van der Waals surface area contributed by atoms with Crippen LogP contribution in [0.25, 0.3) is 0 Å². The number of aliphatic hydroxyl groups excluding tert-OH is 5. The van der Waals surface area contributed by atoms with Gasteiger partial charge in [-0.3, -0.25) is 0 Å². The lowest BCUT2D eigenvalue weighted by molar-refractivity contribution is -0.355. The molecule has 148 valence electrons. The summed E-state index contributed by atoms with van der Waals surface area (Å²) in [4.78, 5) is 5.28. The molecule has 0 aliphatic carbocycles. The fourth-order valence-corrected chi connectivity index (χ4v) is 3.88. The first kappa shape index (κ1) is 18.5. The summed E-state index contributed by atoms with van der Waals surface area (Å²) in [6.45, 7) is 2.84. The van der Waals surface area contributed by atoms with Gasteiger partial charge in [-0.15, -0.1) is 0 Å². The molecule has 4 rings (SSSR count). The predicted octanol–water partition coefficient (Wildman–Crippen LogP) is -2.83. The molecule has 9 atom stereocenters. The molecule has 4 aliphatic heterocycles. The van der Waals surface area contributed by atoms with Crippen LogP contribution in [0.15, 0.2) is 5.16 Å². The van der Waals surface area contributed by atoms with Crippen molar-refractivity contribution in [2.45, 2.75) is 80.9 Å². The average Bonchev–Trinajstić information content (AvgIpc) is 3.23. The SMILES string of the molecule is CC1(C)O[C@@H]2[C@H](O1)[C@H](O)O[C@@H]2C1=NO[C@@]2(C1)O[C@H](CO)[C@@H](O)[C@H](O)[C@@H]2O. The highest BCUT2D eigenvalue weighted by molar-refractivity contribution is 5.91. The Morgan fingerprint density at radius 2 is 1.73 bits per heavy atom. The molecule has 0 aromatic heterocycles. The Balaban J connectivity index is 1.53. The largest absolute Gasteiger partial charge is 0.394 e. The molecule has 4 aliphatic rings. The maximum absolute atomic E-state index is 10.3. The Bertz CT molecular complexity index is 597. The maximum atomic E-state index is 10.3. The Kier molecular flexibility index (Phi) is 4.30. The van der Waals surface area contributed by atoms with Crippen molar-refractivity contribution in [3.05, 3.63) is 0 Å². The number of nitrogens with zero attached hydrogens (tertiary/aromatic N) is 1. The van der Waals surface area contributed by atoms with Crippen LogP contribution >= 0.6 is 0 Å². The standard InChI is InChI=1S/C15H23NO10/c1-14(2)24-10-9(22-13(21)11(10)25-14)5-3-15(26-16-5)12(20)8(19)7(18)6(4-17)23-15/h6-13,17-21H,3-4H2,1-2H3/t6-,7-,8+,9-,10+,11+,12+,13-,15-/m1/s1. The molecule has 1 spiro atoms. The van der Waals surface area contributed by atoms with E-state index < -0.39 is 67.2 Å². The molecule has 0 aromatic rings. The van der Waals surface area contributed by atoms with E-state index in [0.717, 1.165) is 0 Å². The van der Waals surface area contributed by atoms with E-state index in [-0.39, 0.29) is 12.1 Å². The van der Waals surface area contributed by atoms with Gasteiger partial charge in [0.15, 0.2) is 18.2 Å². The average molecular weight is 377 g/mol. The van der Waals surface area contributed by atoms with Crippen LogP contribution < -0.4 is 0 Å². The molecular formula is C15H23NO10. The molecule has 3 saturated heterocycles. The maximum Gasteiger partial charge on any atom is 0.271 e. The summed E-state index contributed by atoms with van der Waals surface area (Å²) in [5.74, 6) is -2.68. The van der Waals surface area contributed by atoms with Gasteiger partial charge in [-0.1, -0.05) is 5.16 Å². The fourth-order valence-electron chi connectivity index (χ4n) is 3.88. The summed E-state index contributed by atoms with van der Waals surface area (Å²) >= 11 is 0. The Labute approximate surface area is 148 Å². The van der Waals surface area contributed by atoms with Gasteiger partial charge in [0.05, 0.1) is 18.7 Å². The molecule has 0 radical (unpaired) electrons. The first-order valence-electron chi connectivity index (χ1n) is 8.44. The van der Waals surface area contributed by atoms with Crippen LogP contribution in [0.3, 0.4) is 0 Å². The van der Waals surface area contributed by atoms with Crippen molar-refractivity contribution in [3.63, 3.8) is 0 Å². The van der Waals surface area contributed by atoms with Gasteiger partial charge in [0.25, 0.3) is 5.79 Å². The number of ether oxygens (including phenoxy) is 4. The van der Waals surface area contributed by atoms with Crippen LogP contribution in [0.2, 0.25) is 0 Å². The summed E-state index contributed by atoms with van der Waals surface area (Å²) in [6.07, 6.45) is -9.32. The zero-order chi connectivity index (χ0) is 18.9. The van der Waals surface area contributed by atoms with Crippen molar-refractivity contribution in [1.82, 2.24) is 0 Å². The van der Waals surface area contributed by atoms with E-state index in [1.807, 2.05) is 0 Å². The van der Waals surface area contributed by atoms with Crippen molar-refractivity contribution in [2.75, 3.05) is 6.61 Å². The second-order valence-corrected chi connectivity index (χ2v) is 7.44. The molecule has 0 amide bonds. The number of fused-ring (bicyclic) bond motifs is 1. The third kappa shape index (κ3) is 2.66. The lowest BCUT2D eigenvalue weighted by Gasteiger charge is -2.44. The molecule has 3 fully saturated rings. The monoisotopic (exact) mass is 377 g/mol. The van der Waals surface area contributed by atoms with Crippen molar-refractivity contribution in [3.8, 4) is 0 Å². The van der Waals surface area contributed by atoms with E-state index in [2.05, 4.69) is 5.16 Å². The summed E-state index contributed by atoms with van der Waals surface area (Å²) in [5.41, 5.74) is 0.289. The van der Waals surface area contributed by atoms with Gasteiger partial charge in [-0.05, 0) is 13.8 Å². The Morgan fingerprint density at radius 1 is 1.04 bits per heavy atom. The molecule has 4 heterocycles. The number of hydrogen-bond donors (Lipinski definition) is 5. The molecule has 0 bridgehead atoms. The molecule has 11 heteroatoms. The van der Waals surface area contributed by atoms with Crippen LogP contribution in [-0.2, 0) is 23.8 Å². The predicted molar refractivity (Wildman–Crippen MR) is 80.6 cm³/mol. The third-order valence-corrected chi connectivity index (χ3v) is 5.14. The number of hydrogen-bond acceptors (Lipinski definition) is 11. The number of oxime groups is 1. The van der Waals surface area contributed by atoms with Crippen LogP contribution in [0.1, 0.15) is 20.3 Å². The topological polar surface area (TPSA) is 160 Å². The van der Waals surface area contributed by atoms with Gasteiger partial charge in [0.2, 0.25) is 0 Å². The molecular weight excluding hydrogens is 354 g/mol. The summed E-state index contributed by atoms with van der Waals surface area (Å²) in [6, 6.07) is 0. The van der Waals surface area contributed by atoms with E-state index in [1.54, 1.807) is 13.8 Å². The minimum absolute atomic E-state index is 0.112. The Morgan fingerprint density at radius 3 is 2.42 bits per heavy atom. The van der Waals surface area contributed by atoms with E-state index in [1.165, 1.54) is 0 Å². The Hall–Kier alpha value is -0.890. The highest BCUT2D eigenvalue weighted by Crippen LogP contribution is 2.43. The summed E-state index contributed by atoms with van der Waals surface area (Å²) in [7, 11) is 0. The van der Waals surface area contributed by atoms with Crippen molar-refractivity contribution in [1.29, 1.82) is 0 Å². The molecule has 11 nitrogen and oxygen atoms in total. The van der Waals surface area contributed by atoms with E-state index in [4.69, 9.17) is 23.8 Å². The fraction of sp³-hybridized carbons (Fsp3) is 0.933. The van der Waals surface area contributed by atoms with Gasteiger partial charge >= 0.3 is 0 Å². The first-order chi connectivity index (χ1) is 12.2. The summed E-state index contributed by atoms with van der Waals surface area (Å²) in [5, 5.41) is 53.5.